The summed E-state index contributed by atoms with van der Waals surface area (Å²) < 4.78 is 10.7. The third kappa shape index (κ3) is 4.85. The number of rotatable bonds is 7. The molecule has 0 spiro atoms. The Kier molecular flexibility index (Phi) is 6.57. The maximum absolute atomic E-state index is 10.9. The van der Waals surface area contributed by atoms with Crippen LogP contribution in [-0.2, 0) is 4.74 Å². The van der Waals surface area contributed by atoms with E-state index in [4.69, 9.17) is 9.47 Å². The molecule has 0 radical (unpaired) electrons. The van der Waals surface area contributed by atoms with E-state index < -0.39 is 4.92 Å². The fraction of sp³-hybridized carbons (Fsp3) is 0.350. The molecule has 1 atom stereocenters. The Morgan fingerprint density at radius 2 is 2.00 bits per heavy atom. The van der Waals surface area contributed by atoms with Crippen molar-refractivity contribution in [3.63, 3.8) is 0 Å². The summed E-state index contributed by atoms with van der Waals surface area (Å²) in [5, 5.41) is 20.9. The first-order valence-electron chi connectivity index (χ1n) is 9.01. The summed E-state index contributed by atoms with van der Waals surface area (Å²) >= 11 is 0. The highest BCUT2D eigenvalue weighted by molar-refractivity contribution is 5.84. The highest BCUT2D eigenvalue weighted by atomic mass is 16.6. The summed E-state index contributed by atoms with van der Waals surface area (Å²) in [5.74, 6) is 0.746. The number of morpholine rings is 1. The monoisotopic (exact) mass is 385 g/mol. The maximum Gasteiger partial charge on any atom is 0.270 e. The molecule has 0 aromatic heterocycles. The number of aliphatic imine (C=N–C) groups is 1. The van der Waals surface area contributed by atoms with Gasteiger partial charge in [0, 0.05) is 37.0 Å². The number of nitrogens with zero attached hydrogens (tertiary/aromatic N) is 3. The van der Waals surface area contributed by atoms with Crippen molar-refractivity contribution in [1.82, 2.24) is 4.90 Å². The number of ether oxygens (including phenoxy) is 2. The van der Waals surface area contributed by atoms with E-state index in [1.807, 2.05) is 24.3 Å². The van der Waals surface area contributed by atoms with Crippen LogP contribution in [0.25, 0.3) is 0 Å². The molecule has 0 unspecified atom stereocenters. The predicted molar refractivity (Wildman–Crippen MR) is 105 cm³/mol. The van der Waals surface area contributed by atoms with Gasteiger partial charge in [-0.05, 0) is 23.8 Å². The summed E-state index contributed by atoms with van der Waals surface area (Å²) in [5.41, 5.74) is 1.34. The molecule has 0 bridgehead atoms. The summed E-state index contributed by atoms with van der Waals surface area (Å²) in [6.45, 7) is 3.39. The van der Waals surface area contributed by atoms with Crippen LogP contribution in [0.1, 0.15) is 17.2 Å². The van der Waals surface area contributed by atoms with Gasteiger partial charge in [-0.3, -0.25) is 20.0 Å². The van der Waals surface area contributed by atoms with E-state index in [1.54, 1.807) is 7.11 Å². The van der Waals surface area contributed by atoms with Crippen LogP contribution in [0.3, 0.4) is 0 Å². The SMILES string of the molecule is COc1ccc([C@@H](CN=Cc2cc([N+](=O)[O-])ccc2O)N2CCOCC2)cc1. The highest BCUT2D eigenvalue weighted by Gasteiger charge is 2.22. The van der Waals surface area contributed by atoms with Crippen LogP contribution in [0.5, 0.6) is 11.5 Å². The molecule has 0 amide bonds. The molecule has 2 aromatic carbocycles. The molecule has 1 heterocycles. The minimum absolute atomic E-state index is 0.0342. The molecule has 1 aliphatic rings. The Bertz CT molecular complexity index is 832. The van der Waals surface area contributed by atoms with Gasteiger partial charge in [0.2, 0.25) is 0 Å². The number of phenolic OH excluding ortho intramolecular Hbond substituents is 1. The van der Waals surface area contributed by atoms with E-state index in [2.05, 4.69) is 9.89 Å². The molecule has 148 valence electrons. The van der Waals surface area contributed by atoms with Crippen LogP contribution in [0.4, 0.5) is 5.69 Å². The minimum atomic E-state index is -0.495. The zero-order valence-corrected chi connectivity index (χ0v) is 15.7. The van der Waals surface area contributed by atoms with Gasteiger partial charge in [0.1, 0.15) is 11.5 Å². The molecule has 0 aliphatic carbocycles. The second-order valence-electron chi connectivity index (χ2n) is 6.43. The van der Waals surface area contributed by atoms with Crippen LogP contribution >= 0.6 is 0 Å². The minimum Gasteiger partial charge on any atom is -0.507 e. The van der Waals surface area contributed by atoms with Gasteiger partial charge in [-0.1, -0.05) is 12.1 Å². The number of methoxy groups -OCH3 is 1. The van der Waals surface area contributed by atoms with Crippen LogP contribution in [-0.4, -0.2) is 61.1 Å². The van der Waals surface area contributed by atoms with Crippen molar-refractivity contribution in [3.05, 3.63) is 63.7 Å². The molecule has 2 aromatic rings. The Morgan fingerprint density at radius 1 is 1.29 bits per heavy atom. The summed E-state index contributed by atoms with van der Waals surface area (Å²) in [4.78, 5) is 17.2. The number of hydrogen-bond donors (Lipinski definition) is 1. The van der Waals surface area contributed by atoms with Gasteiger partial charge >= 0.3 is 0 Å². The van der Waals surface area contributed by atoms with Gasteiger partial charge in [0.05, 0.1) is 37.8 Å². The van der Waals surface area contributed by atoms with Crippen LogP contribution in [0.15, 0.2) is 47.5 Å². The van der Waals surface area contributed by atoms with Crippen molar-refractivity contribution in [2.24, 2.45) is 4.99 Å². The first kappa shape index (κ1) is 19.8. The van der Waals surface area contributed by atoms with Crippen LogP contribution in [0.2, 0.25) is 0 Å². The number of nitro benzene ring substituents is 1. The molecule has 0 saturated carbocycles. The zero-order valence-electron chi connectivity index (χ0n) is 15.7. The van der Waals surface area contributed by atoms with Gasteiger partial charge < -0.3 is 14.6 Å². The topological polar surface area (TPSA) is 97.4 Å². The predicted octanol–water partition coefficient (Wildman–Crippen LogP) is 2.80. The Balaban J connectivity index is 1.80. The number of phenols is 1. The first-order chi connectivity index (χ1) is 13.6. The summed E-state index contributed by atoms with van der Waals surface area (Å²) in [7, 11) is 1.63. The van der Waals surface area contributed by atoms with Crippen molar-refractivity contribution >= 4 is 11.9 Å². The highest BCUT2D eigenvalue weighted by Crippen LogP contribution is 2.25. The van der Waals surface area contributed by atoms with E-state index in [0.717, 1.165) is 24.4 Å². The smallest absolute Gasteiger partial charge is 0.270 e. The molecule has 8 nitrogen and oxygen atoms in total. The average Bonchev–Trinajstić information content (AvgIpc) is 2.73. The van der Waals surface area contributed by atoms with Crippen molar-refractivity contribution in [2.75, 3.05) is 40.0 Å². The Labute approximate surface area is 163 Å². The lowest BCUT2D eigenvalue weighted by atomic mass is 10.0. The van der Waals surface area contributed by atoms with Crippen molar-refractivity contribution in [3.8, 4) is 11.5 Å². The molecule has 28 heavy (non-hydrogen) atoms. The lowest BCUT2D eigenvalue weighted by Gasteiger charge is -2.34. The van der Waals surface area contributed by atoms with E-state index in [1.165, 1.54) is 24.4 Å². The third-order valence-corrected chi connectivity index (χ3v) is 4.72. The number of nitro groups is 1. The van der Waals surface area contributed by atoms with Gasteiger partial charge in [0.25, 0.3) is 5.69 Å². The average molecular weight is 385 g/mol. The van der Waals surface area contributed by atoms with E-state index in [9.17, 15) is 15.2 Å². The largest absolute Gasteiger partial charge is 0.507 e. The lowest BCUT2D eigenvalue weighted by Crippen LogP contribution is -2.40. The summed E-state index contributed by atoms with van der Waals surface area (Å²) in [6, 6.07) is 11.8. The Hall–Kier alpha value is -2.97. The van der Waals surface area contributed by atoms with Crippen LogP contribution < -0.4 is 4.74 Å². The van der Waals surface area contributed by atoms with E-state index >= 15 is 0 Å². The van der Waals surface area contributed by atoms with Crippen molar-refractivity contribution < 1.29 is 19.5 Å². The van der Waals surface area contributed by atoms with E-state index in [0.29, 0.717) is 25.3 Å². The van der Waals surface area contributed by atoms with Gasteiger partial charge in [-0.2, -0.15) is 0 Å². The third-order valence-electron chi connectivity index (χ3n) is 4.72. The molecule has 1 aliphatic heterocycles. The molecule has 3 rings (SSSR count). The molecule has 1 fully saturated rings. The number of hydrogen-bond acceptors (Lipinski definition) is 7. The second-order valence-corrected chi connectivity index (χ2v) is 6.43. The molecule has 1 saturated heterocycles. The normalized spacial score (nSPS) is 16.2. The summed E-state index contributed by atoms with van der Waals surface area (Å²) in [6.07, 6.45) is 1.49. The van der Waals surface area contributed by atoms with Gasteiger partial charge in [-0.25, -0.2) is 0 Å². The number of aromatic hydroxyl groups is 1. The molecular formula is C20H23N3O5. The molecular weight excluding hydrogens is 362 g/mol. The van der Waals surface area contributed by atoms with Gasteiger partial charge in [-0.15, -0.1) is 0 Å². The zero-order chi connectivity index (χ0) is 19.9. The second kappa shape index (κ2) is 9.29. The lowest BCUT2D eigenvalue weighted by molar-refractivity contribution is -0.384. The Morgan fingerprint density at radius 3 is 2.64 bits per heavy atom. The number of non-ortho nitro benzene ring substituents is 1. The van der Waals surface area contributed by atoms with Crippen LogP contribution in [0, 0.1) is 10.1 Å². The molecule has 1 N–H and O–H groups in total. The fourth-order valence-corrected chi connectivity index (χ4v) is 3.16. The fourth-order valence-electron chi connectivity index (χ4n) is 3.16. The first-order valence-corrected chi connectivity index (χ1v) is 9.01. The standard InChI is InChI=1S/C20H23N3O5/c1-27-18-5-2-15(3-6-18)19(22-8-10-28-11-9-22)14-21-13-16-12-17(23(25)26)4-7-20(16)24/h2-7,12-13,19,24H,8-11,14H2,1H3/t19-/m1/s1. The van der Waals surface area contributed by atoms with Crippen molar-refractivity contribution in [2.45, 2.75) is 6.04 Å². The van der Waals surface area contributed by atoms with Gasteiger partial charge in [0.15, 0.2) is 0 Å². The molecule has 8 heteroatoms. The van der Waals surface area contributed by atoms with Crippen molar-refractivity contribution in [1.29, 1.82) is 0 Å². The number of benzene rings is 2. The quantitative estimate of drug-likeness (QED) is 0.447. The maximum atomic E-state index is 10.9. The van der Waals surface area contributed by atoms with E-state index in [-0.39, 0.29) is 17.5 Å².